The Bertz CT molecular complexity index is 1250. The van der Waals surface area contributed by atoms with E-state index in [9.17, 15) is 13.2 Å². The van der Waals surface area contributed by atoms with Crippen molar-refractivity contribution in [1.82, 2.24) is 9.62 Å². The third-order valence-electron chi connectivity index (χ3n) is 5.51. The average Bonchev–Trinajstić information content (AvgIpc) is 2.84. The molecule has 7 heteroatoms. The highest BCUT2D eigenvalue weighted by atomic mass is 32.2. The van der Waals surface area contributed by atoms with E-state index in [1.54, 1.807) is 60.5 Å². The maximum absolute atomic E-state index is 12.8. The Labute approximate surface area is 201 Å². The van der Waals surface area contributed by atoms with E-state index in [-0.39, 0.29) is 17.3 Å². The summed E-state index contributed by atoms with van der Waals surface area (Å²) in [5.74, 6) is 0.635. The Balaban J connectivity index is 1.58. The van der Waals surface area contributed by atoms with Gasteiger partial charge in [-0.2, -0.15) is 0 Å². The summed E-state index contributed by atoms with van der Waals surface area (Å²) in [7, 11) is -1.87. The molecule has 0 radical (unpaired) electrons. The highest BCUT2D eigenvalue weighted by Crippen LogP contribution is 2.17. The van der Waals surface area contributed by atoms with Crippen molar-refractivity contribution >= 4 is 15.9 Å². The van der Waals surface area contributed by atoms with Gasteiger partial charge >= 0.3 is 0 Å². The molecule has 0 aliphatic rings. The predicted octanol–water partition coefficient (Wildman–Crippen LogP) is 4.62. The summed E-state index contributed by atoms with van der Waals surface area (Å²) in [6.45, 7) is 8.49. The van der Waals surface area contributed by atoms with E-state index < -0.39 is 10.0 Å². The van der Waals surface area contributed by atoms with Crippen molar-refractivity contribution in [1.29, 1.82) is 0 Å². The van der Waals surface area contributed by atoms with Crippen LogP contribution in [-0.4, -0.2) is 32.9 Å². The molecule has 178 valence electrons. The zero-order valence-corrected chi connectivity index (χ0v) is 20.6. The normalized spacial score (nSPS) is 11.1. The molecule has 34 heavy (non-hydrogen) atoms. The molecule has 0 aliphatic carbocycles. The summed E-state index contributed by atoms with van der Waals surface area (Å²) in [4.78, 5) is 14.7. The quantitative estimate of drug-likeness (QED) is 0.432. The van der Waals surface area contributed by atoms with Crippen LogP contribution < -0.4 is 9.46 Å². The van der Waals surface area contributed by atoms with Gasteiger partial charge in [-0.1, -0.05) is 43.0 Å². The fourth-order valence-electron chi connectivity index (χ4n) is 3.32. The van der Waals surface area contributed by atoms with E-state index in [1.807, 2.05) is 38.1 Å². The number of ether oxygens (including phenoxy) is 1. The van der Waals surface area contributed by atoms with Crippen molar-refractivity contribution in [2.24, 2.45) is 0 Å². The van der Waals surface area contributed by atoms with Gasteiger partial charge in [-0.15, -0.1) is 0 Å². The molecule has 0 bridgehead atoms. The maximum Gasteiger partial charge on any atom is 0.253 e. The minimum atomic E-state index is -3.62. The Morgan fingerprint density at radius 1 is 0.971 bits per heavy atom. The molecule has 0 atom stereocenters. The first kappa shape index (κ1) is 25.2. The summed E-state index contributed by atoms with van der Waals surface area (Å²) in [5, 5.41) is 0. The molecule has 3 rings (SSSR count). The van der Waals surface area contributed by atoms with Crippen molar-refractivity contribution in [2.75, 3.05) is 13.7 Å². The molecule has 0 unspecified atom stereocenters. The highest BCUT2D eigenvalue weighted by molar-refractivity contribution is 7.89. The van der Waals surface area contributed by atoms with Crippen LogP contribution in [0.3, 0.4) is 0 Å². The van der Waals surface area contributed by atoms with Crippen LogP contribution in [0.1, 0.15) is 32.6 Å². The Hall–Kier alpha value is -3.42. The number of sulfonamides is 1. The van der Waals surface area contributed by atoms with Crippen LogP contribution in [0.5, 0.6) is 5.75 Å². The lowest BCUT2D eigenvalue weighted by molar-refractivity contribution is 0.0785. The minimum absolute atomic E-state index is 0.116. The van der Waals surface area contributed by atoms with Crippen LogP contribution in [-0.2, 0) is 23.1 Å². The number of amides is 1. The molecule has 6 nitrogen and oxygen atoms in total. The van der Waals surface area contributed by atoms with Gasteiger partial charge in [0.05, 0.1) is 4.90 Å². The topological polar surface area (TPSA) is 75.7 Å². The molecule has 0 spiro atoms. The lowest BCUT2D eigenvalue weighted by Gasteiger charge is -2.18. The summed E-state index contributed by atoms with van der Waals surface area (Å²) in [6.07, 6.45) is 1.69. The number of hydrogen-bond donors (Lipinski definition) is 1. The van der Waals surface area contributed by atoms with Gasteiger partial charge in [0.1, 0.15) is 12.4 Å². The van der Waals surface area contributed by atoms with Crippen molar-refractivity contribution in [3.63, 3.8) is 0 Å². The Morgan fingerprint density at radius 3 is 2.24 bits per heavy atom. The van der Waals surface area contributed by atoms with E-state index in [4.69, 9.17) is 4.74 Å². The molecule has 3 aromatic carbocycles. The van der Waals surface area contributed by atoms with Gasteiger partial charge in [0, 0.05) is 25.7 Å². The standard InChI is InChI=1S/C27H30N2O4S/c1-5-16-33-25-13-9-23(10-14-25)19-29(4)27(30)24-11-7-22(8-12-24)18-28-34(31,32)26-15-6-20(2)21(3)17-26/h5-15,17,28H,1,16,18-19H2,2-4H3. The first-order valence-electron chi connectivity index (χ1n) is 10.9. The number of nitrogens with zero attached hydrogens (tertiary/aromatic N) is 1. The number of carbonyl (C=O) groups excluding carboxylic acids is 1. The lowest BCUT2D eigenvalue weighted by Crippen LogP contribution is -2.26. The van der Waals surface area contributed by atoms with Crippen LogP contribution in [0.15, 0.2) is 84.3 Å². The third-order valence-corrected chi connectivity index (χ3v) is 6.91. The van der Waals surface area contributed by atoms with Gasteiger partial charge in [-0.05, 0) is 72.5 Å². The maximum atomic E-state index is 12.8. The monoisotopic (exact) mass is 478 g/mol. The molecule has 0 fully saturated rings. The van der Waals surface area contributed by atoms with E-state index in [0.29, 0.717) is 18.7 Å². The largest absolute Gasteiger partial charge is 0.490 e. The van der Waals surface area contributed by atoms with Crippen LogP contribution in [0.25, 0.3) is 0 Å². The molecule has 0 aromatic heterocycles. The van der Waals surface area contributed by atoms with Gasteiger partial charge in [0.15, 0.2) is 0 Å². The second-order valence-electron chi connectivity index (χ2n) is 8.17. The second-order valence-corrected chi connectivity index (χ2v) is 9.94. The fraction of sp³-hybridized carbons (Fsp3) is 0.222. The molecule has 0 saturated heterocycles. The number of nitrogens with one attached hydrogen (secondary N) is 1. The van der Waals surface area contributed by atoms with Crippen molar-refractivity contribution in [2.45, 2.75) is 31.8 Å². The van der Waals surface area contributed by atoms with Crippen molar-refractivity contribution < 1.29 is 17.9 Å². The summed E-state index contributed by atoms with van der Waals surface area (Å²) < 4.78 is 33.3. The molecular formula is C27H30N2O4S. The van der Waals surface area contributed by atoms with Gasteiger partial charge in [0.25, 0.3) is 5.91 Å². The highest BCUT2D eigenvalue weighted by Gasteiger charge is 2.15. The first-order valence-corrected chi connectivity index (χ1v) is 12.4. The van der Waals surface area contributed by atoms with Crippen LogP contribution in [0.2, 0.25) is 0 Å². The molecule has 0 heterocycles. The Kier molecular flexibility index (Phi) is 8.26. The van der Waals surface area contributed by atoms with Crippen molar-refractivity contribution in [3.8, 4) is 5.75 Å². The molecule has 0 saturated carbocycles. The van der Waals surface area contributed by atoms with Crippen LogP contribution >= 0.6 is 0 Å². The number of aryl methyl sites for hydroxylation is 2. The summed E-state index contributed by atoms with van der Waals surface area (Å²) in [6, 6.07) is 19.6. The molecule has 3 aromatic rings. The van der Waals surface area contributed by atoms with Crippen LogP contribution in [0.4, 0.5) is 0 Å². The summed E-state index contributed by atoms with van der Waals surface area (Å²) >= 11 is 0. The Morgan fingerprint density at radius 2 is 1.62 bits per heavy atom. The van der Waals surface area contributed by atoms with E-state index in [2.05, 4.69) is 11.3 Å². The van der Waals surface area contributed by atoms with E-state index in [1.165, 1.54) is 0 Å². The molecule has 1 N–H and O–H groups in total. The minimum Gasteiger partial charge on any atom is -0.490 e. The fourth-order valence-corrected chi connectivity index (χ4v) is 4.42. The average molecular weight is 479 g/mol. The van der Waals surface area contributed by atoms with Gasteiger partial charge < -0.3 is 9.64 Å². The number of rotatable bonds is 10. The van der Waals surface area contributed by atoms with Gasteiger partial charge in [-0.25, -0.2) is 13.1 Å². The predicted molar refractivity (Wildman–Crippen MR) is 134 cm³/mol. The molecule has 0 aliphatic heterocycles. The smallest absolute Gasteiger partial charge is 0.253 e. The molecular weight excluding hydrogens is 448 g/mol. The first-order chi connectivity index (χ1) is 16.2. The van der Waals surface area contributed by atoms with Crippen LogP contribution in [0, 0.1) is 13.8 Å². The van der Waals surface area contributed by atoms with Crippen molar-refractivity contribution in [3.05, 3.63) is 107 Å². The van der Waals surface area contributed by atoms with E-state index in [0.717, 1.165) is 28.0 Å². The number of benzene rings is 3. The van der Waals surface area contributed by atoms with Gasteiger partial charge in [-0.3, -0.25) is 4.79 Å². The van der Waals surface area contributed by atoms with Gasteiger partial charge in [0.2, 0.25) is 10.0 Å². The second kappa shape index (κ2) is 11.1. The zero-order chi connectivity index (χ0) is 24.7. The third kappa shape index (κ3) is 6.56. The SMILES string of the molecule is C=CCOc1ccc(CN(C)C(=O)c2ccc(CNS(=O)(=O)c3ccc(C)c(C)c3)cc2)cc1. The summed E-state index contributed by atoms with van der Waals surface area (Å²) in [5.41, 5.74) is 4.25. The lowest BCUT2D eigenvalue weighted by atomic mass is 10.1. The van der Waals surface area contributed by atoms with E-state index >= 15 is 0 Å². The molecule has 1 amide bonds. The number of hydrogen-bond acceptors (Lipinski definition) is 4. The zero-order valence-electron chi connectivity index (χ0n) is 19.7. The number of carbonyl (C=O) groups is 1.